The number of carbonyl (C=O) groups excluding carboxylic acids is 1. The van der Waals surface area contributed by atoms with Gasteiger partial charge in [-0.25, -0.2) is 0 Å². The quantitative estimate of drug-likeness (QED) is 0.645. The first-order valence-corrected chi connectivity index (χ1v) is 5.77. The van der Waals surface area contributed by atoms with Crippen LogP contribution in [0.5, 0.6) is 0 Å². The van der Waals surface area contributed by atoms with E-state index in [0.717, 1.165) is 12.3 Å². The van der Waals surface area contributed by atoms with Crippen LogP contribution in [-0.2, 0) is 4.79 Å². The van der Waals surface area contributed by atoms with Gasteiger partial charge in [-0.15, -0.1) is 0 Å². The monoisotopic (exact) mass is 196 g/mol. The summed E-state index contributed by atoms with van der Waals surface area (Å²) in [5.41, 5.74) is 0.215. The van der Waals surface area contributed by atoms with Gasteiger partial charge in [0.2, 0.25) is 6.41 Å². The Morgan fingerprint density at radius 1 is 1.36 bits per heavy atom. The van der Waals surface area contributed by atoms with Crippen molar-refractivity contribution in [3.8, 4) is 0 Å². The van der Waals surface area contributed by atoms with Crippen LogP contribution in [0, 0.1) is 5.92 Å². The van der Waals surface area contributed by atoms with Crippen molar-refractivity contribution < 1.29 is 4.79 Å². The minimum atomic E-state index is 0.215. The van der Waals surface area contributed by atoms with Crippen molar-refractivity contribution in [2.45, 2.75) is 44.1 Å². The number of amides is 1. The number of nitrogens with one attached hydrogen (secondary N) is 2. The predicted molar refractivity (Wildman–Crippen MR) is 56.0 cm³/mol. The van der Waals surface area contributed by atoms with Gasteiger partial charge < -0.3 is 10.6 Å². The van der Waals surface area contributed by atoms with Crippen molar-refractivity contribution in [1.29, 1.82) is 0 Å². The highest BCUT2D eigenvalue weighted by molar-refractivity contribution is 5.49. The third-order valence-electron chi connectivity index (χ3n) is 3.71. The van der Waals surface area contributed by atoms with Gasteiger partial charge in [-0.3, -0.25) is 4.79 Å². The summed E-state index contributed by atoms with van der Waals surface area (Å²) in [5.74, 6) is 0.891. The number of piperidine rings is 1. The summed E-state index contributed by atoms with van der Waals surface area (Å²) in [4.78, 5) is 10.4. The van der Waals surface area contributed by atoms with Crippen LogP contribution >= 0.6 is 0 Å². The lowest BCUT2D eigenvalue weighted by Gasteiger charge is -2.24. The average Bonchev–Trinajstić information content (AvgIpc) is 2.98. The molecule has 1 heterocycles. The molecular weight excluding hydrogens is 176 g/mol. The molecule has 2 fully saturated rings. The Morgan fingerprint density at radius 2 is 2.07 bits per heavy atom. The van der Waals surface area contributed by atoms with Gasteiger partial charge >= 0.3 is 0 Å². The van der Waals surface area contributed by atoms with Gasteiger partial charge in [0.1, 0.15) is 0 Å². The number of rotatable bonds is 5. The van der Waals surface area contributed by atoms with Crippen LogP contribution in [0.2, 0.25) is 0 Å². The molecule has 3 nitrogen and oxygen atoms in total. The van der Waals surface area contributed by atoms with E-state index in [2.05, 4.69) is 10.6 Å². The highest BCUT2D eigenvalue weighted by atomic mass is 16.1. The zero-order valence-electron chi connectivity index (χ0n) is 8.72. The van der Waals surface area contributed by atoms with Crippen LogP contribution in [0.1, 0.15) is 38.5 Å². The van der Waals surface area contributed by atoms with Crippen molar-refractivity contribution >= 4 is 6.41 Å². The Morgan fingerprint density at radius 3 is 2.64 bits per heavy atom. The van der Waals surface area contributed by atoms with Gasteiger partial charge in [0.05, 0.1) is 0 Å². The fraction of sp³-hybridized carbons (Fsp3) is 0.909. The molecule has 14 heavy (non-hydrogen) atoms. The van der Waals surface area contributed by atoms with Crippen LogP contribution in [0.25, 0.3) is 0 Å². The lowest BCUT2D eigenvalue weighted by Crippen LogP contribution is -2.32. The van der Waals surface area contributed by atoms with Crippen LogP contribution in [-0.4, -0.2) is 25.0 Å². The average molecular weight is 196 g/mol. The Bertz CT molecular complexity index is 195. The summed E-state index contributed by atoms with van der Waals surface area (Å²) < 4.78 is 0. The third-order valence-corrected chi connectivity index (χ3v) is 3.71. The van der Waals surface area contributed by atoms with E-state index in [4.69, 9.17) is 0 Å². The van der Waals surface area contributed by atoms with Gasteiger partial charge in [0.25, 0.3) is 0 Å². The Kier molecular flexibility index (Phi) is 3.06. The molecule has 1 aliphatic heterocycles. The molecule has 0 aromatic heterocycles. The van der Waals surface area contributed by atoms with E-state index in [-0.39, 0.29) is 5.54 Å². The second kappa shape index (κ2) is 4.30. The van der Waals surface area contributed by atoms with Gasteiger partial charge in [-0.05, 0) is 57.5 Å². The summed E-state index contributed by atoms with van der Waals surface area (Å²) in [6.07, 6.45) is 8.37. The summed E-state index contributed by atoms with van der Waals surface area (Å²) in [6, 6.07) is 0. The Balaban J connectivity index is 1.68. The van der Waals surface area contributed by atoms with E-state index in [9.17, 15) is 4.79 Å². The molecule has 0 bridgehead atoms. The SMILES string of the molecule is O=CNC1(CCC2CCNCC2)CC1. The standard InChI is InChI=1S/C11H20N2O/c14-9-13-11(5-6-11)4-1-10-2-7-12-8-3-10/h9-10,12H,1-8H2,(H,13,14). The molecule has 0 atom stereocenters. The molecule has 1 aliphatic carbocycles. The first kappa shape index (κ1) is 9.97. The molecule has 0 unspecified atom stereocenters. The minimum absolute atomic E-state index is 0.215. The van der Waals surface area contributed by atoms with Crippen molar-refractivity contribution in [3.05, 3.63) is 0 Å². The van der Waals surface area contributed by atoms with Gasteiger partial charge in [0, 0.05) is 5.54 Å². The van der Waals surface area contributed by atoms with Crippen molar-refractivity contribution in [3.63, 3.8) is 0 Å². The fourth-order valence-corrected chi connectivity index (χ4v) is 2.39. The van der Waals surface area contributed by atoms with Gasteiger partial charge in [-0.1, -0.05) is 0 Å². The Labute approximate surface area is 85.6 Å². The van der Waals surface area contributed by atoms with Crippen molar-refractivity contribution in [1.82, 2.24) is 10.6 Å². The molecule has 1 amide bonds. The summed E-state index contributed by atoms with van der Waals surface area (Å²) >= 11 is 0. The first-order valence-electron chi connectivity index (χ1n) is 5.77. The molecule has 2 N–H and O–H groups in total. The first-order chi connectivity index (χ1) is 6.85. The van der Waals surface area contributed by atoms with E-state index < -0.39 is 0 Å². The lowest BCUT2D eigenvalue weighted by atomic mass is 9.91. The summed E-state index contributed by atoms with van der Waals surface area (Å²) in [6.45, 7) is 2.36. The molecule has 0 spiro atoms. The second-order valence-electron chi connectivity index (χ2n) is 4.77. The molecule has 1 saturated carbocycles. The lowest BCUT2D eigenvalue weighted by molar-refractivity contribution is -0.110. The zero-order valence-corrected chi connectivity index (χ0v) is 8.72. The molecule has 0 aromatic rings. The normalized spacial score (nSPS) is 25.7. The molecule has 1 saturated heterocycles. The highest BCUT2D eigenvalue weighted by Gasteiger charge is 2.41. The molecule has 2 aliphatic rings. The summed E-state index contributed by atoms with van der Waals surface area (Å²) in [5, 5.41) is 6.36. The van der Waals surface area contributed by atoms with Crippen molar-refractivity contribution in [2.75, 3.05) is 13.1 Å². The third kappa shape index (κ3) is 2.47. The van der Waals surface area contributed by atoms with E-state index in [1.165, 1.54) is 51.6 Å². The highest BCUT2D eigenvalue weighted by Crippen LogP contribution is 2.40. The predicted octanol–water partition coefficient (Wildman–Crippen LogP) is 1.04. The Hall–Kier alpha value is -0.570. The minimum Gasteiger partial charge on any atom is -0.353 e. The number of hydrogen-bond donors (Lipinski definition) is 2. The van der Waals surface area contributed by atoms with E-state index >= 15 is 0 Å². The maximum Gasteiger partial charge on any atom is 0.207 e. The smallest absolute Gasteiger partial charge is 0.207 e. The molecule has 2 rings (SSSR count). The molecular formula is C11H20N2O. The van der Waals surface area contributed by atoms with Crippen LogP contribution < -0.4 is 10.6 Å². The van der Waals surface area contributed by atoms with Crippen LogP contribution in [0.4, 0.5) is 0 Å². The molecule has 0 aromatic carbocycles. The zero-order chi connectivity index (χ0) is 9.86. The number of hydrogen-bond acceptors (Lipinski definition) is 2. The molecule has 80 valence electrons. The maximum absolute atomic E-state index is 10.4. The van der Waals surface area contributed by atoms with Crippen LogP contribution in [0.15, 0.2) is 0 Å². The summed E-state index contributed by atoms with van der Waals surface area (Å²) in [7, 11) is 0. The van der Waals surface area contributed by atoms with Crippen molar-refractivity contribution in [2.24, 2.45) is 5.92 Å². The van der Waals surface area contributed by atoms with E-state index in [0.29, 0.717) is 0 Å². The molecule has 3 heteroatoms. The number of carbonyl (C=O) groups is 1. The van der Waals surface area contributed by atoms with E-state index in [1.54, 1.807) is 0 Å². The van der Waals surface area contributed by atoms with Gasteiger partial charge in [-0.2, -0.15) is 0 Å². The largest absolute Gasteiger partial charge is 0.353 e. The maximum atomic E-state index is 10.4. The molecule has 0 radical (unpaired) electrons. The van der Waals surface area contributed by atoms with Crippen LogP contribution in [0.3, 0.4) is 0 Å². The topological polar surface area (TPSA) is 41.1 Å². The van der Waals surface area contributed by atoms with E-state index in [1.807, 2.05) is 0 Å². The fourth-order valence-electron chi connectivity index (χ4n) is 2.39. The van der Waals surface area contributed by atoms with Gasteiger partial charge in [0.15, 0.2) is 0 Å². The second-order valence-corrected chi connectivity index (χ2v) is 4.77.